The van der Waals surface area contributed by atoms with Crippen LogP contribution in [0.3, 0.4) is 0 Å². The largest absolute Gasteiger partial charge is 0.279 e. The van der Waals surface area contributed by atoms with E-state index in [0.29, 0.717) is 5.56 Å². The second-order valence-electron chi connectivity index (χ2n) is 3.96. The Morgan fingerprint density at radius 3 is 2.25 bits per heavy atom. The van der Waals surface area contributed by atoms with Gasteiger partial charge in [0, 0.05) is 0 Å². The van der Waals surface area contributed by atoms with E-state index < -0.39 is 39.2 Å². The summed E-state index contributed by atoms with van der Waals surface area (Å²) in [5.41, 5.74) is -0.122. The molecule has 0 amide bonds. The molecule has 0 fully saturated rings. The van der Waals surface area contributed by atoms with Crippen molar-refractivity contribution in [1.82, 2.24) is 4.98 Å². The van der Waals surface area contributed by atoms with E-state index in [1.165, 1.54) is 12.1 Å². The minimum absolute atomic E-state index is 0.328. The zero-order valence-corrected chi connectivity index (χ0v) is 10.8. The maximum atomic E-state index is 13.2. The molecule has 0 unspecified atom stereocenters. The monoisotopic (exact) mass is 302 g/mol. The standard InChI is InChI=1S/C12H9F3N2O2S/c13-9-3-1-8(2-4-9)7-20(18,19)17-10-5-6-11(14)16-12(10)15/h1-6,17H,7H2. The molecule has 4 nitrogen and oxygen atoms in total. The van der Waals surface area contributed by atoms with Gasteiger partial charge in [-0.1, -0.05) is 12.1 Å². The molecule has 0 radical (unpaired) electrons. The molecular formula is C12H9F3N2O2S. The average Bonchev–Trinajstić information content (AvgIpc) is 2.35. The lowest BCUT2D eigenvalue weighted by atomic mass is 10.2. The van der Waals surface area contributed by atoms with Crippen LogP contribution in [-0.4, -0.2) is 13.4 Å². The SMILES string of the molecule is O=S(=O)(Cc1ccc(F)cc1)Nc1ccc(F)nc1F. The first-order valence-corrected chi connectivity index (χ1v) is 7.08. The first-order chi connectivity index (χ1) is 9.35. The van der Waals surface area contributed by atoms with Gasteiger partial charge in [0.05, 0.1) is 5.75 Å². The number of nitrogens with one attached hydrogen (secondary N) is 1. The minimum Gasteiger partial charge on any atom is -0.279 e. The molecule has 1 aromatic carbocycles. The zero-order chi connectivity index (χ0) is 14.8. The average molecular weight is 302 g/mol. The van der Waals surface area contributed by atoms with Crippen molar-refractivity contribution in [1.29, 1.82) is 0 Å². The van der Waals surface area contributed by atoms with Crippen LogP contribution in [0, 0.1) is 17.7 Å². The number of halogens is 3. The molecule has 2 aromatic rings. The summed E-state index contributed by atoms with van der Waals surface area (Å²) in [6.07, 6.45) is 0. The lowest BCUT2D eigenvalue weighted by molar-refractivity contribution is 0.515. The minimum atomic E-state index is -3.91. The molecule has 1 N–H and O–H groups in total. The summed E-state index contributed by atoms with van der Waals surface area (Å²) >= 11 is 0. The molecule has 0 spiro atoms. The van der Waals surface area contributed by atoms with Gasteiger partial charge >= 0.3 is 0 Å². The highest BCUT2D eigenvalue weighted by Gasteiger charge is 2.15. The van der Waals surface area contributed by atoms with E-state index in [2.05, 4.69) is 4.98 Å². The van der Waals surface area contributed by atoms with Gasteiger partial charge in [-0.2, -0.15) is 13.8 Å². The van der Waals surface area contributed by atoms with Gasteiger partial charge in [-0.15, -0.1) is 0 Å². The van der Waals surface area contributed by atoms with Crippen LogP contribution in [0.4, 0.5) is 18.9 Å². The van der Waals surface area contributed by atoms with Crippen molar-refractivity contribution in [3.63, 3.8) is 0 Å². The first-order valence-electron chi connectivity index (χ1n) is 5.43. The molecule has 0 aliphatic heterocycles. The van der Waals surface area contributed by atoms with Gasteiger partial charge < -0.3 is 0 Å². The molecule has 20 heavy (non-hydrogen) atoms. The Bertz CT molecular complexity index is 718. The van der Waals surface area contributed by atoms with Crippen molar-refractivity contribution in [3.8, 4) is 0 Å². The quantitative estimate of drug-likeness (QED) is 0.883. The van der Waals surface area contributed by atoms with Crippen molar-refractivity contribution in [2.45, 2.75) is 5.75 Å². The highest BCUT2D eigenvalue weighted by molar-refractivity contribution is 7.91. The molecule has 1 aromatic heterocycles. The van der Waals surface area contributed by atoms with Crippen LogP contribution in [0.15, 0.2) is 36.4 Å². The van der Waals surface area contributed by atoms with Crippen molar-refractivity contribution >= 4 is 15.7 Å². The van der Waals surface area contributed by atoms with E-state index >= 15 is 0 Å². The number of anilines is 1. The maximum Gasteiger partial charge on any atom is 0.239 e. The van der Waals surface area contributed by atoms with Crippen LogP contribution < -0.4 is 4.72 Å². The topological polar surface area (TPSA) is 59.1 Å². The maximum absolute atomic E-state index is 13.2. The molecule has 106 valence electrons. The van der Waals surface area contributed by atoms with E-state index in [0.717, 1.165) is 24.3 Å². The number of hydrogen-bond acceptors (Lipinski definition) is 3. The predicted molar refractivity (Wildman–Crippen MR) is 66.8 cm³/mol. The summed E-state index contributed by atoms with van der Waals surface area (Å²) in [6.45, 7) is 0. The van der Waals surface area contributed by atoms with Crippen LogP contribution in [0.2, 0.25) is 0 Å². The fourth-order valence-electron chi connectivity index (χ4n) is 1.49. The highest BCUT2D eigenvalue weighted by atomic mass is 32.2. The number of aromatic nitrogens is 1. The van der Waals surface area contributed by atoms with Crippen LogP contribution in [0.25, 0.3) is 0 Å². The highest BCUT2D eigenvalue weighted by Crippen LogP contribution is 2.16. The fourth-order valence-corrected chi connectivity index (χ4v) is 2.68. The third-order valence-corrected chi connectivity index (χ3v) is 3.59. The Kier molecular flexibility index (Phi) is 3.93. The summed E-state index contributed by atoms with van der Waals surface area (Å²) < 4.78 is 64.1. The molecular weight excluding hydrogens is 293 g/mol. The van der Waals surface area contributed by atoms with Gasteiger partial charge in [0.2, 0.25) is 21.9 Å². The van der Waals surface area contributed by atoms with Gasteiger partial charge in [0.25, 0.3) is 0 Å². The third kappa shape index (κ3) is 3.70. The molecule has 0 saturated carbocycles. The molecule has 8 heteroatoms. The van der Waals surface area contributed by atoms with Crippen molar-refractivity contribution in [3.05, 3.63) is 59.7 Å². The molecule has 0 aliphatic carbocycles. The Balaban J connectivity index is 2.17. The van der Waals surface area contributed by atoms with Crippen molar-refractivity contribution < 1.29 is 21.6 Å². The number of hydrogen-bond donors (Lipinski definition) is 1. The summed E-state index contributed by atoms with van der Waals surface area (Å²) in [7, 11) is -3.91. The summed E-state index contributed by atoms with van der Waals surface area (Å²) in [6, 6.07) is 6.59. The Morgan fingerprint density at radius 2 is 1.65 bits per heavy atom. The number of sulfonamides is 1. The Morgan fingerprint density at radius 1 is 1.00 bits per heavy atom. The van der Waals surface area contributed by atoms with Crippen molar-refractivity contribution in [2.24, 2.45) is 0 Å². The van der Waals surface area contributed by atoms with E-state index in [4.69, 9.17) is 0 Å². The lowest BCUT2D eigenvalue weighted by Gasteiger charge is -2.08. The van der Waals surface area contributed by atoms with Crippen LogP contribution >= 0.6 is 0 Å². The third-order valence-electron chi connectivity index (χ3n) is 2.35. The van der Waals surface area contributed by atoms with E-state index in [1.807, 2.05) is 4.72 Å². The number of pyridine rings is 1. The first kappa shape index (κ1) is 14.3. The van der Waals surface area contributed by atoms with E-state index in [1.54, 1.807) is 0 Å². The number of benzene rings is 1. The fraction of sp³-hybridized carbons (Fsp3) is 0.0833. The van der Waals surface area contributed by atoms with Crippen molar-refractivity contribution in [2.75, 3.05) is 4.72 Å². The van der Waals surface area contributed by atoms with Gasteiger partial charge in [-0.25, -0.2) is 12.8 Å². The summed E-state index contributed by atoms with van der Waals surface area (Å²) in [5.74, 6) is -3.27. The Hall–Kier alpha value is -2.09. The molecule has 0 aliphatic rings. The van der Waals surface area contributed by atoms with Gasteiger partial charge in [0.1, 0.15) is 11.5 Å². The molecule has 0 atom stereocenters. The van der Waals surface area contributed by atoms with Crippen LogP contribution in [0.1, 0.15) is 5.56 Å². The second kappa shape index (κ2) is 5.49. The second-order valence-corrected chi connectivity index (χ2v) is 5.68. The molecule has 0 bridgehead atoms. The Labute approximate surface area is 113 Å². The predicted octanol–water partition coefficient (Wildman–Crippen LogP) is 2.44. The molecule has 1 heterocycles. The molecule has 2 rings (SSSR count). The number of rotatable bonds is 4. The van der Waals surface area contributed by atoms with E-state index in [9.17, 15) is 21.6 Å². The number of nitrogens with zero attached hydrogens (tertiary/aromatic N) is 1. The smallest absolute Gasteiger partial charge is 0.239 e. The van der Waals surface area contributed by atoms with Gasteiger partial charge in [0.15, 0.2) is 0 Å². The molecule has 0 saturated heterocycles. The van der Waals surface area contributed by atoms with Gasteiger partial charge in [-0.3, -0.25) is 4.72 Å². The zero-order valence-electron chi connectivity index (χ0n) is 9.98. The normalized spacial score (nSPS) is 11.3. The van der Waals surface area contributed by atoms with Gasteiger partial charge in [-0.05, 0) is 29.8 Å². The summed E-state index contributed by atoms with van der Waals surface area (Å²) in [4.78, 5) is 2.87. The van der Waals surface area contributed by atoms with Crippen LogP contribution in [0.5, 0.6) is 0 Å². The lowest BCUT2D eigenvalue weighted by Crippen LogP contribution is -2.16. The van der Waals surface area contributed by atoms with E-state index in [-0.39, 0.29) is 0 Å². The van der Waals surface area contributed by atoms with Crippen LogP contribution in [-0.2, 0) is 15.8 Å². The summed E-state index contributed by atoms with van der Waals surface area (Å²) in [5, 5.41) is 0.